The van der Waals surface area contributed by atoms with Crippen molar-refractivity contribution in [2.24, 2.45) is 11.8 Å². The summed E-state index contributed by atoms with van der Waals surface area (Å²) in [6.07, 6.45) is 7.62. The van der Waals surface area contributed by atoms with Crippen LogP contribution in [0, 0.1) is 11.8 Å². The maximum absolute atomic E-state index is 10.1. The summed E-state index contributed by atoms with van der Waals surface area (Å²) in [6.45, 7) is 0. The summed E-state index contributed by atoms with van der Waals surface area (Å²) >= 11 is 0. The van der Waals surface area contributed by atoms with E-state index in [1.54, 1.807) is 6.08 Å². The molecule has 3 heteroatoms. The van der Waals surface area contributed by atoms with Crippen LogP contribution in [-0.4, -0.2) is 16.3 Å². The van der Waals surface area contributed by atoms with Crippen molar-refractivity contribution in [3.05, 3.63) is 58.4 Å². The summed E-state index contributed by atoms with van der Waals surface area (Å²) in [5.74, 6) is 0.357. The van der Waals surface area contributed by atoms with E-state index < -0.39 is 0 Å². The molecule has 1 saturated carbocycles. The van der Waals surface area contributed by atoms with Gasteiger partial charge in [-0.25, -0.2) is 0 Å². The fourth-order valence-electron chi connectivity index (χ4n) is 3.76. The van der Waals surface area contributed by atoms with E-state index in [9.17, 15) is 10.2 Å². The molecule has 1 fully saturated rings. The number of fused-ring (bicyclic) bond motifs is 4. The molecular formula is C17H17NO2. The van der Waals surface area contributed by atoms with Crippen molar-refractivity contribution in [1.29, 1.82) is 0 Å². The van der Waals surface area contributed by atoms with Gasteiger partial charge < -0.3 is 15.5 Å². The number of rotatable bonds is 0. The second kappa shape index (κ2) is 4.17. The van der Waals surface area contributed by atoms with Crippen LogP contribution in [0.1, 0.15) is 12.8 Å². The Morgan fingerprint density at radius 3 is 2.85 bits per heavy atom. The molecule has 0 radical (unpaired) electrons. The number of aliphatic hydroxyl groups excluding tert-OH is 2. The minimum absolute atomic E-state index is 0.0132. The van der Waals surface area contributed by atoms with Crippen molar-refractivity contribution in [2.75, 3.05) is 0 Å². The molecule has 1 heterocycles. The molecule has 3 aliphatic rings. The number of allylic oxidation sites excluding steroid dienone is 3. The van der Waals surface area contributed by atoms with Crippen LogP contribution in [0.2, 0.25) is 0 Å². The minimum Gasteiger partial charge on any atom is -0.508 e. The van der Waals surface area contributed by atoms with Gasteiger partial charge in [-0.15, -0.1) is 0 Å². The third-order valence-electron chi connectivity index (χ3n) is 4.72. The van der Waals surface area contributed by atoms with E-state index >= 15 is 0 Å². The van der Waals surface area contributed by atoms with Gasteiger partial charge in [0.15, 0.2) is 5.76 Å². The van der Waals surface area contributed by atoms with Crippen molar-refractivity contribution in [2.45, 2.75) is 18.9 Å². The Kier molecular flexibility index (Phi) is 2.43. The monoisotopic (exact) mass is 267 g/mol. The summed E-state index contributed by atoms with van der Waals surface area (Å²) in [6, 6.07) is 8.70. The van der Waals surface area contributed by atoms with E-state index in [0.717, 1.165) is 12.8 Å². The fraction of sp³-hybridized carbons (Fsp3) is 0.294. The quantitative estimate of drug-likeness (QED) is 0.667. The van der Waals surface area contributed by atoms with Gasteiger partial charge in [0.05, 0.1) is 0 Å². The van der Waals surface area contributed by atoms with E-state index in [-0.39, 0.29) is 23.4 Å². The first-order chi connectivity index (χ1) is 9.75. The Bertz CT molecular complexity index is 744. The highest BCUT2D eigenvalue weighted by Crippen LogP contribution is 2.42. The Labute approximate surface area is 117 Å². The third kappa shape index (κ3) is 1.52. The summed E-state index contributed by atoms with van der Waals surface area (Å²) in [5, 5.41) is 25.8. The Balaban J connectivity index is 1.95. The topological polar surface area (TPSA) is 52.5 Å². The predicted molar refractivity (Wildman–Crippen MR) is 78.1 cm³/mol. The summed E-state index contributed by atoms with van der Waals surface area (Å²) in [5.41, 5.74) is 1.34. The zero-order valence-electron chi connectivity index (χ0n) is 11.1. The smallest absolute Gasteiger partial charge is 0.152 e. The van der Waals surface area contributed by atoms with Gasteiger partial charge in [-0.2, -0.15) is 0 Å². The van der Waals surface area contributed by atoms with Crippen molar-refractivity contribution >= 4 is 11.8 Å². The van der Waals surface area contributed by atoms with E-state index in [1.807, 2.05) is 12.1 Å². The lowest BCUT2D eigenvalue weighted by Gasteiger charge is -2.40. The molecule has 2 aliphatic carbocycles. The Morgan fingerprint density at radius 2 is 1.95 bits per heavy atom. The molecule has 102 valence electrons. The van der Waals surface area contributed by atoms with Gasteiger partial charge in [-0.1, -0.05) is 30.3 Å². The highest BCUT2D eigenvalue weighted by Gasteiger charge is 2.39. The number of hydrogen-bond donors (Lipinski definition) is 3. The Morgan fingerprint density at radius 1 is 1.10 bits per heavy atom. The Hall–Kier alpha value is -2.16. The first-order valence-corrected chi connectivity index (χ1v) is 7.11. The van der Waals surface area contributed by atoms with Crippen LogP contribution in [0.3, 0.4) is 0 Å². The second-order valence-corrected chi connectivity index (χ2v) is 5.75. The zero-order chi connectivity index (χ0) is 13.7. The molecule has 4 rings (SSSR count). The lowest BCUT2D eigenvalue weighted by atomic mass is 9.69. The standard InChI is InChI=1S/C17H17NO2/c19-15-8-6-12-13(17(15)20)5-7-14-16(12)11-4-2-1-3-10(11)9-18-14/h1-4,6,8-9,12-14,18-20H,5,7H2. The highest BCUT2D eigenvalue weighted by molar-refractivity contribution is 5.62. The molecule has 0 saturated heterocycles. The molecule has 1 aromatic rings. The molecule has 0 bridgehead atoms. The van der Waals surface area contributed by atoms with Crippen molar-refractivity contribution in [3.63, 3.8) is 0 Å². The number of benzene rings is 1. The zero-order valence-corrected chi connectivity index (χ0v) is 11.1. The van der Waals surface area contributed by atoms with E-state index in [0.29, 0.717) is 6.04 Å². The molecule has 0 amide bonds. The van der Waals surface area contributed by atoms with Crippen molar-refractivity contribution < 1.29 is 10.2 Å². The summed E-state index contributed by atoms with van der Waals surface area (Å²) in [4.78, 5) is 0. The van der Waals surface area contributed by atoms with Gasteiger partial charge >= 0.3 is 0 Å². The SMILES string of the molecule is OC1=C(O)C2CCC3NC=c4ccccc4=C3C2C=C1. The van der Waals surface area contributed by atoms with Gasteiger partial charge in [0.1, 0.15) is 5.76 Å². The van der Waals surface area contributed by atoms with E-state index in [2.05, 4.69) is 29.7 Å². The van der Waals surface area contributed by atoms with Gasteiger partial charge in [0.2, 0.25) is 0 Å². The molecule has 1 aromatic carbocycles. The molecular weight excluding hydrogens is 250 g/mol. The molecule has 3 atom stereocenters. The molecule has 3 N–H and O–H groups in total. The van der Waals surface area contributed by atoms with Crippen LogP contribution in [-0.2, 0) is 0 Å². The van der Waals surface area contributed by atoms with Crippen LogP contribution in [0.5, 0.6) is 0 Å². The number of aliphatic hydroxyl groups is 2. The minimum atomic E-state index is 0.0132. The molecule has 20 heavy (non-hydrogen) atoms. The highest BCUT2D eigenvalue weighted by atomic mass is 16.3. The third-order valence-corrected chi connectivity index (χ3v) is 4.72. The van der Waals surface area contributed by atoms with Crippen molar-refractivity contribution in [3.8, 4) is 0 Å². The van der Waals surface area contributed by atoms with Crippen LogP contribution in [0.25, 0.3) is 11.8 Å². The van der Waals surface area contributed by atoms with Gasteiger partial charge in [-0.05, 0) is 34.9 Å². The fourth-order valence-corrected chi connectivity index (χ4v) is 3.76. The maximum atomic E-state index is 10.1. The molecule has 1 aliphatic heterocycles. The van der Waals surface area contributed by atoms with Crippen molar-refractivity contribution in [1.82, 2.24) is 5.32 Å². The van der Waals surface area contributed by atoms with E-state index in [1.165, 1.54) is 16.0 Å². The van der Waals surface area contributed by atoms with Crippen LogP contribution in [0.4, 0.5) is 0 Å². The summed E-state index contributed by atoms with van der Waals surface area (Å²) < 4.78 is 0. The first kappa shape index (κ1) is 11.6. The average Bonchev–Trinajstić information content (AvgIpc) is 2.50. The second-order valence-electron chi connectivity index (χ2n) is 5.75. The first-order valence-electron chi connectivity index (χ1n) is 7.11. The van der Waals surface area contributed by atoms with Gasteiger partial charge in [-0.3, -0.25) is 0 Å². The number of nitrogens with one attached hydrogen (secondary N) is 1. The normalized spacial score (nSPS) is 30.8. The largest absolute Gasteiger partial charge is 0.508 e. The van der Waals surface area contributed by atoms with Crippen LogP contribution < -0.4 is 15.8 Å². The predicted octanol–water partition coefficient (Wildman–Crippen LogP) is 1.47. The van der Waals surface area contributed by atoms with E-state index in [4.69, 9.17) is 0 Å². The van der Waals surface area contributed by atoms with Crippen LogP contribution in [0.15, 0.2) is 47.9 Å². The average molecular weight is 267 g/mol. The lowest BCUT2D eigenvalue weighted by Crippen LogP contribution is -2.48. The summed E-state index contributed by atoms with van der Waals surface area (Å²) in [7, 11) is 0. The van der Waals surface area contributed by atoms with Gasteiger partial charge in [0, 0.05) is 24.1 Å². The van der Waals surface area contributed by atoms with Gasteiger partial charge in [0.25, 0.3) is 0 Å². The molecule has 0 aromatic heterocycles. The molecule has 3 unspecified atom stereocenters. The maximum Gasteiger partial charge on any atom is 0.152 e. The lowest BCUT2D eigenvalue weighted by molar-refractivity contribution is 0.233. The molecule has 0 spiro atoms. The van der Waals surface area contributed by atoms with Crippen LogP contribution >= 0.6 is 0 Å². The molecule has 3 nitrogen and oxygen atoms in total. The number of hydrogen-bond acceptors (Lipinski definition) is 3.